The van der Waals surface area contributed by atoms with Gasteiger partial charge in [-0.1, -0.05) is 109 Å². The summed E-state index contributed by atoms with van der Waals surface area (Å²) < 4.78 is 11.7. The molecular formula is C40H43N3O6. The number of amides is 2. The summed E-state index contributed by atoms with van der Waals surface area (Å²) >= 11 is 0. The molecular weight excluding hydrogens is 618 g/mol. The van der Waals surface area contributed by atoms with E-state index >= 15 is 0 Å². The third-order valence-corrected chi connectivity index (χ3v) is 9.68. The number of carbonyl (C=O) groups is 3. The van der Waals surface area contributed by atoms with Gasteiger partial charge in [0, 0.05) is 32.0 Å². The number of fused-ring (bicyclic) bond motifs is 3. The monoisotopic (exact) mass is 661 g/mol. The molecule has 1 aliphatic heterocycles. The van der Waals surface area contributed by atoms with E-state index in [0.717, 1.165) is 34.4 Å². The zero-order valence-electron chi connectivity index (χ0n) is 27.7. The van der Waals surface area contributed by atoms with E-state index in [-0.39, 0.29) is 25.6 Å². The molecule has 1 aliphatic carbocycles. The Hall–Kier alpha value is -4.99. The number of benzene rings is 4. The number of hydrogen-bond donors (Lipinski definition) is 3. The number of piperidine rings is 1. The maximum Gasteiger partial charge on any atom is 0.407 e. The summed E-state index contributed by atoms with van der Waals surface area (Å²) in [6.45, 7) is 4.04. The molecule has 4 aromatic carbocycles. The van der Waals surface area contributed by atoms with Crippen LogP contribution in [-0.4, -0.2) is 65.4 Å². The highest BCUT2D eigenvalue weighted by molar-refractivity contribution is 5.85. The average Bonchev–Trinajstić information content (AvgIpc) is 3.44. The molecule has 9 heteroatoms. The number of alkyl carbamates (subject to hydrolysis) is 1. The van der Waals surface area contributed by atoms with Gasteiger partial charge in [-0.25, -0.2) is 9.59 Å². The van der Waals surface area contributed by atoms with Crippen LogP contribution < -0.4 is 10.6 Å². The maximum absolute atomic E-state index is 13.6. The van der Waals surface area contributed by atoms with Crippen molar-refractivity contribution >= 4 is 18.0 Å². The summed E-state index contributed by atoms with van der Waals surface area (Å²) in [5, 5.41) is 15.8. The molecule has 9 nitrogen and oxygen atoms in total. The van der Waals surface area contributed by atoms with E-state index in [0.29, 0.717) is 25.9 Å². The number of ether oxygens (including phenoxy) is 2. The predicted octanol–water partition coefficient (Wildman–Crippen LogP) is 6.12. The van der Waals surface area contributed by atoms with Crippen LogP contribution in [0.4, 0.5) is 4.79 Å². The maximum atomic E-state index is 13.6. The van der Waals surface area contributed by atoms with Gasteiger partial charge >= 0.3 is 12.1 Å². The van der Waals surface area contributed by atoms with Gasteiger partial charge in [0.1, 0.15) is 6.61 Å². The van der Waals surface area contributed by atoms with Gasteiger partial charge in [-0.3, -0.25) is 9.69 Å². The molecule has 0 bridgehead atoms. The smallest absolute Gasteiger partial charge is 0.407 e. The first-order chi connectivity index (χ1) is 23.8. The van der Waals surface area contributed by atoms with Gasteiger partial charge in [0.2, 0.25) is 5.91 Å². The van der Waals surface area contributed by atoms with E-state index in [1.54, 1.807) is 6.92 Å². The number of nitrogens with one attached hydrogen (secondary N) is 2. The standard InChI is InChI=1S/C40H43N3O6/c1-28(48-26-30-14-6-3-7-15-30)37(38(45)46)41-36(44)24-40(20-22-43(23-21-40)25-29-12-4-2-5-13-29)42-39(47)49-27-35-33-18-10-8-16-31(33)32-17-9-11-19-34(32)35/h2-19,28,35,37H,20-27H2,1H3,(H,41,44)(H,42,47)(H,45,46)/t28-,37+/m1/s1. The van der Waals surface area contributed by atoms with Gasteiger partial charge in [-0.2, -0.15) is 0 Å². The summed E-state index contributed by atoms with van der Waals surface area (Å²) in [6.07, 6.45) is -0.489. The van der Waals surface area contributed by atoms with Crippen molar-refractivity contribution in [1.29, 1.82) is 0 Å². The quantitative estimate of drug-likeness (QED) is 0.158. The number of likely N-dealkylation sites (tertiary alicyclic amines) is 1. The molecule has 0 radical (unpaired) electrons. The summed E-state index contributed by atoms with van der Waals surface area (Å²) in [6, 6.07) is 34.7. The topological polar surface area (TPSA) is 117 Å². The van der Waals surface area contributed by atoms with Crippen LogP contribution in [-0.2, 0) is 32.2 Å². The van der Waals surface area contributed by atoms with Crippen LogP contribution >= 0.6 is 0 Å². The van der Waals surface area contributed by atoms with Crippen molar-refractivity contribution < 1.29 is 29.0 Å². The molecule has 4 aromatic rings. The number of nitrogens with zero attached hydrogens (tertiary/aromatic N) is 1. The molecule has 0 unspecified atom stereocenters. The van der Waals surface area contributed by atoms with Gasteiger partial charge in [0.25, 0.3) is 0 Å². The van der Waals surface area contributed by atoms with E-state index in [4.69, 9.17) is 9.47 Å². The predicted molar refractivity (Wildman–Crippen MR) is 187 cm³/mol. The minimum atomic E-state index is -1.26. The Labute approximate surface area is 287 Å². The Morgan fingerprint density at radius 2 is 1.37 bits per heavy atom. The first-order valence-electron chi connectivity index (χ1n) is 16.9. The lowest BCUT2D eigenvalue weighted by atomic mass is 9.83. The fourth-order valence-electron chi connectivity index (χ4n) is 6.99. The second-order valence-electron chi connectivity index (χ2n) is 13.1. The van der Waals surface area contributed by atoms with Crippen molar-refractivity contribution in [3.63, 3.8) is 0 Å². The first kappa shape index (κ1) is 33.9. The normalized spacial score (nSPS) is 16.5. The molecule has 6 rings (SSSR count). The van der Waals surface area contributed by atoms with Crippen LogP contribution in [0.5, 0.6) is 0 Å². The Balaban J connectivity index is 1.12. The van der Waals surface area contributed by atoms with Crippen LogP contribution in [0.15, 0.2) is 109 Å². The lowest BCUT2D eigenvalue weighted by molar-refractivity contribution is -0.146. The van der Waals surface area contributed by atoms with Crippen molar-refractivity contribution in [3.05, 3.63) is 131 Å². The van der Waals surface area contributed by atoms with Gasteiger partial charge in [0.15, 0.2) is 6.04 Å². The van der Waals surface area contributed by atoms with Crippen LogP contribution in [0.3, 0.4) is 0 Å². The highest BCUT2D eigenvalue weighted by atomic mass is 16.5. The summed E-state index contributed by atoms with van der Waals surface area (Å²) in [4.78, 5) is 41.6. The van der Waals surface area contributed by atoms with E-state index in [1.165, 1.54) is 5.56 Å². The number of aliphatic carboxylic acids is 1. The molecule has 2 amide bonds. The summed E-state index contributed by atoms with van der Waals surface area (Å²) in [7, 11) is 0. The van der Waals surface area contributed by atoms with Crippen LogP contribution in [0.1, 0.15) is 54.4 Å². The van der Waals surface area contributed by atoms with E-state index in [9.17, 15) is 19.5 Å². The first-order valence-corrected chi connectivity index (χ1v) is 16.9. The third-order valence-electron chi connectivity index (χ3n) is 9.68. The van der Waals surface area contributed by atoms with Crippen molar-refractivity contribution in [3.8, 4) is 11.1 Å². The third kappa shape index (κ3) is 8.36. The Morgan fingerprint density at radius 1 is 0.816 bits per heavy atom. The molecule has 49 heavy (non-hydrogen) atoms. The van der Waals surface area contributed by atoms with Crippen molar-refractivity contribution in [2.75, 3.05) is 19.7 Å². The van der Waals surface area contributed by atoms with E-state index < -0.39 is 35.7 Å². The van der Waals surface area contributed by atoms with Gasteiger partial charge in [-0.15, -0.1) is 0 Å². The van der Waals surface area contributed by atoms with Gasteiger partial charge < -0.3 is 25.2 Å². The van der Waals surface area contributed by atoms with Crippen molar-refractivity contribution in [2.24, 2.45) is 0 Å². The molecule has 1 heterocycles. The second-order valence-corrected chi connectivity index (χ2v) is 13.1. The number of carbonyl (C=O) groups excluding carboxylic acids is 2. The SMILES string of the molecule is C[C@@H](OCc1ccccc1)[C@H](NC(=O)CC1(NC(=O)OCC2c3ccccc3-c3ccccc32)CCN(Cc2ccccc2)CC1)C(=O)O. The molecule has 0 aromatic heterocycles. The van der Waals surface area contributed by atoms with Crippen LogP contribution in [0, 0.1) is 0 Å². The lowest BCUT2D eigenvalue weighted by Crippen LogP contribution is -2.58. The Morgan fingerprint density at radius 3 is 1.96 bits per heavy atom. The molecule has 1 saturated heterocycles. The molecule has 2 aliphatic rings. The lowest BCUT2D eigenvalue weighted by Gasteiger charge is -2.42. The number of carboxylic acid groups (broad SMARTS) is 1. The molecule has 0 spiro atoms. The highest BCUT2D eigenvalue weighted by Gasteiger charge is 2.40. The average molecular weight is 662 g/mol. The minimum Gasteiger partial charge on any atom is -0.480 e. The molecule has 3 N–H and O–H groups in total. The van der Waals surface area contributed by atoms with Crippen molar-refractivity contribution in [2.45, 2.75) is 62.9 Å². The fourth-order valence-corrected chi connectivity index (χ4v) is 6.99. The molecule has 254 valence electrons. The number of hydrogen-bond acceptors (Lipinski definition) is 6. The second kappa shape index (κ2) is 15.5. The Kier molecular flexibility index (Phi) is 10.7. The molecule has 1 fully saturated rings. The summed E-state index contributed by atoms with van der Waals surface area (Å²) in [5.74, 6) is -1.76. The van der Waals surface area contributed by atoms with Crippen LogP contribution in [0.2, 0.25) is 0 Å². The van der Waals surface area contributed by atoms with E-state index in [2.05, 4.69) is 51.9 Å². The van der Waals surface area contributed by atoms with Gasteiger partial charge in [0.05, 0.1) is 18.2 Å². The Bertz CT molecular complexity index is 1690. The fraction of sp³-hybridized carbons (Fsp3) is 0.325. The minimum absolute atomic E-state index is 0.0917. The zero-order chi connectivity index (χ0) is 34.2. The molecule has 2 atom stereocenters. The number of rotatable bonds is 13. The number of carboxylic acids is 1. The molecule has 0 saturated carbocycles. The zero-order valence-corrected chi connectivity index (χ0v) is 27.7. The van der Waals surface area contributed by atoms with Crippen molar-refractivity contribution in [1.82, 2.24) is 15.5 Å². The highest BCUT2D eigenvalue weighted by Crippen LogP contribution is 2.44. The van der Waals surface area contributed by atoms with E-state index in [1.807, 2.05) is 72.8 Å². The van der Waals surface area contributed by atoms with Crippen LogP contribution in [0.25, 0.3) is 11.1 Å². The summed E-state index contributed by atoms with van der Waals surface area (Å²) in [5.41, 5.74) is 5.68. The van der Waals surface area contributed by atoms with Gasteiger partial charge in [-0.05, 0) is 53.1 Å². The largest absolute Gasteiger partial charge is 0.480 e.